The first-order chi connectivity index (χ1) is 25.9. The normalized spacial score (nSPS) is 31.4. The average molecular weight is 754 g/mol. The molecule has 1 saturated heterocycles. The van der Waals surface area contributed by atoms with Gasteiger partial charge in [-0.3, -0.25) is 14.4 Å². The van der Waals surface area contributed by atoms with Crippen LogP contribution < -0.4 is 0 Å². The number of benzene rings is 3. The van der Waals surface area contributed by atoms with E-state index < -0.39 is 51.0 Å². The van der Waals surface area contributed by atoms with Gasteiger partial charge in [-0.1, -0.05) is 74.9 Å². The Hall–Kier alpha value is -4.21. The second kappa shape index (κ2) is 14.1. The van der Waals surface area contributed by atoms with Gasteiger partial charge in [-0.2, -0.15) is 0 Å². The molecule has 292 valence electrons. The van der Waals surface area contributed by atoms with E-state index in [0.717, 1.165) is 28.8 Å². The molecule has 3 aromatic rings. The molecule has 4 bridgehead atoms. The minimum Gasteiger partial charge on any atom is -0.448 e. The summed E-state index contributed by atoms with van der Waals surface area (Å²) in [5, 5.41) is 24.2. The highest BCUT2D eigenvalue weighted by Crippen LogP contribution is 2.66. The lowest BCUT2D eigenvalue weighted by Crippen LogP contribution is -2.60. The Morgan fingerprint density at radius 1 is 0.909 bits per heavy atom. The molecule has 5 aliphatic rings. The van der Waals surface area contributed by atoms with E-state index >= 15 is 4.79 Å². The second-order valence-electron chi connectivity index (χ2n) is 17.7. The molecule has 0 radical (unpaired) electrons. The molecule has 6 atom stereocenters. The Morgan fingerprint density at radius 2 is 1.65 bits per heavy atom. The van der Waals surface area contributed by atoms with E-state index in [0.29, 0.717) is 68.9 Å². The molecule has 8 rings (SSSR count). The van der Waals surface area contributed by atoms with E-state index in [1.807, 2.05) is 77.1 Å². The number of ether oxygens (including phenoxy) is 1. The van der Waals surface area contributed by atoms with Gasteiger partial charge < -0.3 is 19.8 Å². The largest absolute Gasteiger partial charge is 0.448 e. The van der Waals surface area contributed by atoms with Gasteiger partial charge in [-0.25, -0.2) is 8.78 Å². The highest BCUT2D eigenvalue weighted by molar-refractivity contribution is 6.10. The summed E-state index contributed by atoms with van der Waals surface area (Å²) < 4.78 is 34.6. The van der Waals surface area contributed by atoms with E-state index in [1.54, 1.807) is 11.0 Å². The smallest absolute Gasteiger partial charge is 0.313 e. The van der Waals surface area contributed by atoms with Crippen molar-refractivity contribution in [1.29, 1.82) is 0 Å². The van der Waals surface area contributed by atoms with Gasteiger partial charge in [0, 0.05) is 28.5 Å². The molecule has 1 amide bonds. The number of fused-ring (bicyclic) bond motifs is 10. The highest BCUT2D eigenvalue weighted by Gasteiger charge is 2.76. The average Bonchev–Trinajstić information content (AvgIpc) is 3.58. The van der Waals surface area contributed by atoms with E-state index in [4.69, 9.17) is 4.74 Å². The fraction of sp³-hybridized carbons (Fsp3) is 0.500. The zero-order valence-corrected chi connectivity index (χ0v) is 32.6. The molecule has 2 saturated carbocycles. The molecule has 0 aromatic heterocycles. The molecule has 4 aliphatic carbocycles. The lowest BCUT2D eigenvalue weighted by atomic mass is 9.64. The summed E-state index contributed by atoms with van der Waals surface area (Å²) in [5.74, 6) is -3.69. The number of aliphatic hydroxyl groups excluding tert-OH is 1. The number of amides is 1. The van der Waals surface area contributed by atoms with Gasteiger partial charge in [-0.05, 0) is 119 Å². The number of aliphatic hydroxyl groups is 2. The van der Waals surface area contributed by atoms with Crippen molar-refractivity contribution in [2.75, 3.05) is 6.54 Å². The minimum absolute atomic E-state index is 0.00339. The van der Waals surface area contributed by atoms with Crippen molar-refractivity contribution in [3.63, 3.8) is 0 Å². The Balaban J connectivity index is 1.33. The van der Waals surface area contributed by atoms with Crippen molar-refractivity contribution in [1.82, 2.24) is 4.90 Å². The predicted octanol–water partition coefficient (Wildman–Crippen LogP) is 8.39. The van der Waals surface area contributed by atoms with Crippen LogP contribution in [-0.4, -0.2) is 56.6 Å². The zero-order valence-electron chi connectivity index (χ0n) is 32.6. The lowest BCUT2D eigenvalue weighted by molar-refractivity contribution is -0.178. The maximum atomic E-state index is 15.1. The van der Waals surface area contributed by atoms with E-state index in [1.165, 1.54) is 6.07 Å². The quantitative estimate of drug-likeness (QED) is 0.143. The van der Waals surface area contributed by atoms with Crippen LogP contribution in [0.15, 0.2) is 78.4 Å². The molecule has 2 N–H and O–H groups in total. The number of halogens is 2. The molecule has 0 spiro atoms. The second-order valence-corrected chi connectivity index (χ2v) is 17.7. The fourth-order valence-electron chi connectivity index (χ4n) is 10.3. The highest BCUT2D eigenvalue weighted by atomic mass is 19.2. The van der Waals surface area contributed by atoms with Gasteiger partial charge in [0.2, 0.25) is 0 Å². The number of rotatable bonds is 7. The van der Waals surface area contributed by atoms with Crippen molar-refractivity contribution in [3.05, 3.63) is 118 Å². The van der Waals surface area contributed by atoms with Crippen LogP contribution in [0.3, 0.4) is 0 Å². The van der Waals surface area contributed by atoms with Crippen molar-refractivity contribution in [2.45, 2.75) is 122 Å². The van der Waals surface area contributed by atoms with Gasteiger partial charge in [0.15, 0.2) is 23.0 Å². The molecular weight excluding hydrogens is 701 g/mol. The summed E-state index contributed by atoms with van der Waals surface area (Å²) in [4.78, 5) is 44.5. The molecular formula is C46H53F2NO6. The molecule has 1 heterocycles. The zero-order chi connectivity index (χ0) is 39.6. The van der Waals surface area contributed by atoms with E-state index in [-0.39, 0.29) is 36.4 Å². The number of allylic oxidation sites excluding steroid dienone is 2. The van der Waals surface area contributed by atoms with Gasteiger partial charge in [0.05, 0.1) is 23.7 Å². The third-order valence-electron chi connectivity index (χ3n) is 14.5. The summed E-state index contributed by atoms with van der Waals surface area (Å²) in [6.45, 7) is 10.0. The molecule has 1 aliphatic heterocycles. The molecule has 3 aromatic carbocycles. The van der Waals surface area contributed by atoms with Crippen LogP contribution >= 0.6 is 0 Å². The van der Waals surface area contributed by atoms with Crippen LogP contribution in [0.2, 0.25) is 0 Å². The summed E-state index contributed by atoms with van der Waals surface area (Å²) >= 11 is 0. The Labute approximate surface area is 322 Å². The molecule has 7 nitrogen and oxygen atoms in total. The molecule has 6 unspecified atom stereocenters. The minimum atomic E-state index is -1.44. The SMILES string of the molecule is CC1=CCCC2(C)C(CCC2(O)CN(Cc2ccccc2)C(=O)C23CCC(C)(C(=O)O2)C3(C)C)c2ccc(cc2C(=O)c2ccc(F)c(F)c2)CC(O)CC1. The number of nitrogens with zero attached hydrogens (tertiary/aromatic N) is 1. The van der Waals surface area contributed by atoms with Gasteiger partial charge in [0.1, 0.15) is 0 Å². The van der Waals surface area contributed by atoms with Crippen LogP contribution in [0.5, 0.6) is 0 Å². The third-order valence-corrected chi connectivity index (χ3v) is 14.5. The molecule has 55 heavy (non-hydrogen) atoms. The van der Waals surface area contributed by atoms with Gasteiger partial charge in [0.25, 0.3) is 5.91 Å². The number of hydrogen-bond donors (Lipinski definition) is 2. The first-order valence-corrected chi connectivity index (χ1v) is 19.7. The standard InChI is InChI=1S/C46H53F2NO6/c1-29-10-9-20-43(4)36(34-17-14-31(24-33(50)16-13-29)25-35(34)39(51)32-15-18-37(47)38(48)26-32)19-21-45(43,54)28-49(27-30-11-7-6-8-12-30)40(52)46-23-22-44(5,41(53)55-46)42(46,2)3/h6-8,10-12,14-15,17-18,25-26,33,36,50,54H,9,13,16,19-24,27-28H2,1-5H3. The van der Waals surface area contributed by atoms with Crippen molar-refractivity contribution < 1.29 is 38.1 Å². The number of ketones is 1. The van der Waals surface area contributed by atoms with Gasteiger partial charge >= 0.3 is 5.97 Å². The number of esters is 1. The predicted molar refractivity (Wildman–Crippen MR) is 205 cm³/mol. The first-order valence-electron chi connectivity index (χ1n) is 19.7. The number of hydrogen-bond acceptors (Lipinski definition) is 6. The maximum absolute atomic E-state index is 15.1. The Kier molecular flexibility index (Phi) is 9.99. The maximum Gasteiger partial charge on any atom is 0.313 e. The van der Waals surface area contributed by atoms with Crippen LogP contribution in [0, 0.1) is 27.9 Å². The number of carbonyl (C=O) groups excluding carboxylic acids is 3. The Morgan fingerprint density at radius 3 is 2.33 bits per heavy atom. The van der Waals surface area contributed by atoms with Crippen LogP contribution in [0.1, 0.15) is 125 Å². The Bertz CT molecular complexity index is 2050. The first kappa shape index (κ1) is 39.0. The monoisotopic (exact) mass is 753 g/mol. The van der Waals surface area contributed by atoms with Crippen molar-refractivity contribution in [3.8, 4) is 0 Å². The van der Waals surface area contributed by atoms with Gasteiger partial charge in [-0.15, -0.1) is 0 Å². The number of carbonyl (C=O) groups is 3. The summed E-state index contributed by atoms with van der Waals surface area (Å²) in [6.07, 6.45) is 5.91. The molecule has 3 fully saturated rings. The summed E-state index contributed by atoms with van der Waals surface area (Å²) in [6, 6.07) is 18.3. The van der Waals surface area contributed by atoms with Crippen molar-refractivity contribution >= 4 is 17.7 Å². The summed E-state index contributed by atoms with van der Waals surface area (Å²) in [5.41, 5.74) is -1.54. The van der Waals surface area contributed by atoms with Crippen LogP contribution in [0.25, 0.3) is 0 Å². The molecule has 9 heteroatoms. The van der Waals surface area contributed by atoms with Crippen molar-refractivity contribution in [2.24, 2.45) is 16.2 Å². The fourth-order valence-corrected chi connectivity index (χ4v) is 10.3. The summed E-state index contributed by atoms with van der Waals surface area (Å²) in [7, 11) is 0. The van der Waals surface area contributed by atoms with Crippen LogP contribution in [0.4, 0.5) is 8.78 Å². The van der Waals surface area contributed by atoms with E-state index in [2.05, 4.69) is 6.08 Å². The topological polar surface area (TPSA) is 104 Å². The van der Waals surface area contributed by atoms with Crippen LogP contribution in [-0.2, 0) is 27.3 Å². The van der Waals surface area contributed by atoms with E-state index in [9.17, 15) is 28.6 Å². The third kappa shape index (κ3) is 6.35. The lowest BCUT2D eigenvalue weighted by Gasteiger charge is -2.47.